The number of likely N-dealkylation sites (tertiary alicyclic amines) is 1. The maximum absolute atomic E-state index is 12.5. The lowest BCUT2D eigenvalue weighted by Crippen LogP contribution is -2.73. The molecule has 4 rings (SSSR count). The van der Waals surface area contributed by atoms with E-state index < -0.39 is 11.0 Å². The Morgan fingerprint density at radius 3 is 2.85 bits per heavy atom. The summed E-state index contributed by atoms with van der Waals surface area (Å²) in [4.78, 5) is 14.7. The summed E-state index contributed by atoms with van der Waals surface area (Å²) in [6, 6.07) is 3.87. The summed E-state index contributed by atoms with van der Waals surface area (Å²) in [6.45, 7) is 1.28. The molecule has 0 spiro atoms. The second kappa shape index (κ2) is 6.00. The molecule has 5 heteroatoms. The molecule has 0 radical (unpaired) electrons. The zero-order valence-electron chi connectivity index (χ0n) is 15.4. The van der Waals surface area contributed by atoms with Gasteiger partial charge in [-0.1, -0.05) is 12.0 Å². The second-order valence-electron chi connectivity index (χ2n) is 7.70. The highest BCUT2D eigenvalue weighted by molar-refractivity contribution is 5.83. The fourth-order valence-electron chi connectivity index (χ4n) is 5.64. The smallest absolute Gasteiger partial charge is 0.164 e. The van der Waals surface area contributed by atoms with E-state index in [2.05, 4.69) is 10.8 Å². The van der Waals surface area contributed by atoms with Crippen molar-refractivity contribution in [2.24, 2.45) is 0 Å². The number of methoxy groups -OCH3 is 2. The molecule has 1 saturated heterocycles. The van der Waals surface area contributed by atoms with E-state index in [4.69, 9.17) is 15.9 Å². The van der Waals surface area contributed by atoms with Crippen LogP contribution in [0.5, 0.6) is 11.5 Å². The molecule has 2 bridgehead atoms. The predicted octanol–water partition coefficient (Wildman–Crippen LogP) is 1.69. The molecule has 1 aliphatic heterocycles. The summed E-state index contributed by atoms with van der Waals surface area (Å²) in [5.74, 6) is 4.23. The molecule has 3 atom stereocenters. The number of carbonyl (C=O) groups excluding carboxylic acids is 1. The topological polar surface area (TPSA) is 59.0 Å². The van der Waals surface area contributed by atoms with Crippen molar-refractivity contribution in [1.29, 1.82) is 0 Å². The van der Waals surface area contributed by atoms with Gasteiger partial charge in [-0.3, -0.25) is 9.69 Å². The van der Waals surface area contributed by atoms with Crippen LogP contribution in [-0.4, -0.2) is 54.7 Å². The first-order valence-corrected chi connectivity index (χ1v) is 9.16. The number of aliphatic hydroxyl groups is 1. The van der Waals surface area contributed by atoms with Gasteiger partial charge in [0, 0.05) is 36.4 Å². The van der Waals surface area contributed by atoms with Gasteiger partial charge in [0.05, 0.1) is 26.4 Å². The van der Waals surface area contributed by atoms with Crippen molar-refractivity contribution >= 4 is 5.78 Å². The molecule has 3 aliphatic rings. The lowest BCUT2D eigenvalue weighted by atomic mass is 9.49. The second-order valence-corrected chi connectivity index (χ2v) is 7.70. The first-order chi connectivity index (χ1) is 12.5. The van der Waals surface area contributed by atoms with Crippen LogP contribution in [0.25, 0.3) is 0 Å². The molecule has 0 aromatic heterocycles. The van der Waals surface area contributed by atoms with Crippen LogP contribution in [0.3, 0.4) is 0 Å². The molecular formula is C21H25NO4. The molecule has 5 nitrogen and oxygen atoms in total. The van der Waals surface area contributed by atoms with Gasteiger partial charge in [0.1, 0.15) is 5.78 Å². The molecule has 1 aromatic rings. The number of ketones is 1. The molecule has 2 aliphatic carbocycles. The van der Waals surface area contributed by atoms with Crippen LogP contribution in [0.4, 0.5) is 0 Å². The number of rotatable bonds is 3. The van der Waals surface area contributed by atoms with Gasteiger partial charge in [-0.2, -0.15) is 0 Å². The van der Waals surface area contributed by atoms with E-state index >= 15 is 0 Å². The van der Waals surface area contributed by atoms with Gasteiger partial charge >= 0.3 is 0 Å². The molecular weight excluding hydrogens is 330 g/mol. The zero-order chi connectivity index (χ0) is 18.5. The van der Waals surface area contributed by atoms with Gasteiger partial charge < -0.3 is 14.6 Å². The van der Waals surface area contributed by atoms with E-state index in [0.717, 1.165) is 17.7 Å². The van der Waals surface area contributed by atoms with E-state index in [1.807, 2.05) is 12.1 Å². The van der Waals surface area contributed by atoms with Crippen LogP contribution in [0.15, 0.2) is 12.1 Å². The van der Waals surface area contributed by atoms with Gasteiger partial charge in [-0.25, -0.2) is 0 Å². The molecule has 1 N–H and O–H groups in total. The first-order valence-electron chi connectivity index (χ1n) is 9.16. The lowest BCUT2D eigenvalue weighted by Gasteiger charge is -2.63. The summed E-state index contributed by atoms with van der Waals surface area (Å²) in [5, 5.41) is 11.9. The van der Waals surface area contributed by atoms with Crippen LogP contribution in [0.1, 0.15) is 36.8 Å². The van der Waals surface area contributed by atoms with Gasteiger partial charge in [0.2, 0.25) is 0 Å². The lowest BCUT2D eigenvalue weighted by molar-refractivity contribution is -0.171. The third kappa shape index (κ3) is 2.09. The quantitative estimate of drug-likeness (QED) is 0.836. The van der Waals surface area contributed by atoms with Crippen LogP contribution in [-0.2, 0) is 16.6 Å². The van der Waals surface area contributed by atoms with Crippen molar-refractivity contribution in [2.45, 2.75) is 49.2 Å². The number of Topliss-reactive ketones (excluding diaryl/α,β-unsaturated/α-hetero) is 1. The number of ether oxygens (including phenoxy) is 2. The number of carbonyl (C=O) groups is 1. The average Bonchev–Trinajstić information content (AvgIpc) is 2.63. The Bertz CT molecular complexity index is 798. The van der Waals surface area contributed by atoms with Crippen LogP contribution in [0, 0.1) is 12.3 Å². The van der Waals surface area contributed by atoms with Crippen LogP contribution < -0.4 is 9.47 Å². The Morgan fingerprint density at radius 1 is 1.35 bits per heavy atom. The Balaban J connectivity index is 1.98. The van der Waals surface area contributed by atoms with E-state index in [1.54, 1.807) is 14.2 Å². The van der Waals surface area contributed by atoms with Crippen molar-refractivity contribution < 1.29 is 19.4 Å². The number of benzene rings is 1. The Hall–Kier alpha value is -2.03. The van der Waals surface area contributed by atoms with Gasteiger partial charge in [0.15, 0.2) is 11.5 Å². The van der Waals surface area contributed by atoms with Crippen molar-refractivity contribution in [3.63, 3.8) is 0 Å². The predicted molar refractivity (Wildman–Crippen MR) is 97.5 cm³/mol. The summed E-state index contributed by atoms with van der Waals surface area (Å²) in [7, 11) is 3.24. The fraction of sp³-hybridized carbons (Fsp3) is 0.571. The van der Waals surface area contributed by atoms with Crippen LogP contribution >= 0.6 is 0 Å². The molecule has 0 amide bonds. The van der Waals surface area contributed by atoms with Crippen molar-refractivity contribution in [2.75, 3.05) is 27.3 Å². The minimum Gasteiger partial charge on any atom is -0.493 e. The minimum atomic E-state index is -0.983. The third-order valence-electron chi connectivity index (χ3n) is 6.75. The van der Waals surface area contributed by atoms with Crippen LogP contribution in [0.2, 0.25) is 0 Å². The van der Waals surface area contributed by atoms with E-state index in [1.165, 1.54) is 0 Å². The van der Waals surface area contributed by atoms with Crippen molar-refractivity contribution in [3.8, 4) is 23.8 Å². The van der Waals surface area contributed by atoms with Crippen molar-refractivity contribution in [1.82, 2.24) is 4.90 Å². The number of piperidine rings is 1. The van der Waals surface area contributed by atoms with Gasteiger partial charge in [-0.15, -0.1) is 6.42 Å². The number of fused-ring (bicyclic) bond motifs is 1. The number of hydrogen-bond acceptors (Lipinski definition) is 5. The Labute approximate surface area is 154 Å². The summed E-state index contributed by atoms with van der Waals surface area (Å²) in [5.41, 5.74) is 0.467. The minimum absolute atomic E-state index is 0.0778. The highest BCUT2D eigenvalue weighted by Crippen LogP contribution is 2.60. The molecule has 1 aromatic carbocycles. The monoisotopic (exact) mass is 355 g/mol. The highest BCUT2D eigenvalue weighted by atomic mass is 16.5. The fourth-order valence-corrected chi connectivity index (χ4v) is 5.64. The van der Waals surface area contributed by atoms with Gasteiger partial charge in [0.25, 0.3) is 0 Å². The average molecular weight is 355 g/mol. The molecule has 1 saturated carbocycles. The van der Waals surface area contributed by atoms with E-state index in [9.17, 15) is 9.90 Å². The molecule has 2 fully saturated rings. The summed E-state index contributed by atoms with van der Waals surface area (Å²) >= 11 is 0. The first kappa shape index (κ1) is 17.4. The summed E-state index contributed by atoms with van der Waals surface area (Å²) in [6.07, 6.45) is 8.19. The number of hydrogen-bond donors (Lipinski definition) is 1. The summed E-state index contributed by atoms with van der Waals surface area (Å²) < 4.78 is 11.2. The van der Waals surface area contributed by atoms with E-state index in [-0.39, 0.29) is 11.8 Å². The standard InChI is InChI=1S/C21H25NO4/c1-4-10-22-11-9-20-13-15(23)7-8-21(20,24)17(22)12-14-5-6-16(25-2)19(26-3)18(14)20/h1,5-6,17,24H,7-13H2,2-3H3/t17-,20-,21-/m1/s1. The Morgan fingerprint density at radius 2 is 2.15 bits per heavy atom. The maximum Gasteiger partial charge on any atom is 0.164 e. The molecule has 1 heterocycles. The molecule has 0 unspecified atom stereocenters. The zero-order valence-corrected chi connectivity index (χ0v) is 15.4. The number of terminal acetylenes is 1. The SMILES string of the molecule is C#CCN1CC[C@]23CC(=O)CC[C@@]2(O)[C@H]1Cc1ccc(OC)c(OC)c13. The maximum atomic E-state index is 12.5. The van der Waals surface area contributed by atoms with Gasteiger partial charge in [-0.05, 0) is 30.9 Å². The van der Waals surface area contributed by atoms with E-state index in [0.29, 0.717) is 50.1 Å². The molecule has 26 heavy (non-hydrogen) atoms. The largest absolute Gasteiger partial charge is 0.493 e. The Kier molecular flexibility index (Phi) is 4.02. The highest BCUT2D eigenvalue weighted by Gasteiger charge is 2.65. The van der Waals surface area contributed by atoms with Crippen molar-refractivity contribution in [3.05, 3.63) is 23.3 Å². The normalized spacial score (nSPS) is 33.0. The third-order valence-corrected chi connectivity index (χ3v) is 6.75. The number of nitrogens with zero attached hydrogens (tertiary/aromatic N) is 1. The molecule has 138 valence electrons.